The van der Waals surface area contributed by atoms with Crippen LogP contribution < -0.4 is 10.3 Å². The molecule has 3 aromatic rings. The van der Waals surface area contributed by atoms with E-state index in [-0.39, 0.29) is 48.0 Å². The molecule has 1 aromatic carbocycles. The molecular weight excluding hydrogens is 465 g/mol. The van der Waals surface area contributed by atoms with Gasteiger partial charge in [0.25, 0.3) is 11.5 Å². The average molecular weight is 484 g/mol. The highest BCUT2D eigenvalue weighted by Gasteiger charge is 2.82. The number of carbonyl (C=O) groups is 2. The van der Waals surface area contributed by atoms with Crippen molar-refractivity contribution in [1.82, 2.24) is 19.0 Å². The highest BCUT2D eigenvalue weighted by Crippen LogP contribution is 2.64. The van der Waals surface area contributed by atoms with Crippen LogP contribution in [0.5, 0.6) is 5.75 Å². The van der Waals surface area contributed by atoms with Crippen molar-refractivity contribution in [2.24, 2.45) is 0 Å². The number of carbonyl (C=O) groups excluding carboxylic acids is 2. The molecule has 2 atom stereocenters. The summed E-state index contributed by atoms with van der Waals surface area (Å²) < 4.78 is 48.8. The predicted molar refractivity (Wildman–Crippen MR) is 116 cm³/mol. The van der Waals surface area contributed by atoms with Crippen molar-refractivity contribution in [3.05, 3.63) is 75.7 Å². The summed E-state index contributed by atoms with van der Waals surface area (Å²) in [5.74, 6) is -0.626. The van der Waals surface area contributed by atoms with Gasteiger partial charge in [0, 0.05) is 31.4 Å². The number of ether oxygens (including phenoxy) is 1. The van der Waals surface area contributed by atoms with E-state index in [0.717, 1.165) is 17.8 Å². The number of rotatable bonds is 3. The molecule has 2 aliphatic heterocycles. The lowest BCUT2D eigenvalue weighted by atomic mass is 9.90. The average Bonchev–Trinajstić information content (AvgIpc) is 3.11. The number of pyridine rings is 1. The van der Waals surface area contributed by atoms with Crippen LogP contribution in [0.4, 0.5) is 13.2 Å². The van der Waals surface area contributed by atoms with Crippen LogP contribution in [0.25, 0.3) is 5.69 Å². The smallest absolute Gasteiger partial charge is 0.416 e. The van der Waals surface area contributed by atoms with Crippen LogP contribution >= 0.6 is 0 Å². The highest BCUT2D eigenvalue weighted by atomic mass is 19.4. The predicted octanol–water partition coefficient (Wildman–Crippen LogP) is 2.49. The molecule has 1 fully saturated rings. The Kier molecular flexibility index (Phi) is 4.09. The van der Waals surface area contributed by atoms with Gasteiger partial charge in [0.15, 0.2) is 11.4 Å². The van der Waals surface area contributed by atoms with Gasteiger partial charge in [-0.2, -0.15) is 13.2 Å². The van der Waals surface area contributed by atoms with Gasteiger partial charge < -0.3 is 18.8 Å². The van der Waals surface area contributed by atoms with Gasteiger partial charge in [0.2, 0.25) is 0 Å². The van der Waals surface area contributed by atoms with Gasteiger partial charge in [-0.3, -0.25) is 14.4 Å². The van der Waals surface area contributed by atoms with E-state index >= 15 is 0 Å². The number of benzene rings is 1. The third-order valence-corrected chi connectivity index (χ3v) is 7.33. The zero-order chi connectivity index (χ0) is 24.9. The molecule has 3 aliphatic rings. The third-order valence-electron chi connectivity index (χ3n) is 7.33. The van der Waals surface area contributed by atoms with Gasteiger partial charge in [0.05, 0.1) is 17.6 Å². The number of amides is 1. The first-order valence-corrected chi connectivity index (χ1v) is 11.0. The third kappa shape index (κ3) is 2.74. The molecule has 0 spiro atoms. The maximum Gasteiger partial charge on any atom is 0.416 e. The number of fused-ring (bicyclic) bond motifs is 4. The molecule has 8 nitrogen and oxygen atoms in total. The van der Waals surface area contributed by atoms with Gasteiger partial charge in [-0.1, -0.05) is 0 Å². The molecule has 0 radical (unpaired) electrons. The number of nitrogens with zero attached hydrogens (tertiary/aromatic N) is 4. The highest BCUT2D eigenvalue weighted by molar-refractivity contribution is 6.19. The molecule has 1 saturated carbocycles. The lowest BCUT2D eigenvalue weighted by molar-refractivity contribution is -0.137. The molecule has 6 rings (SSSR count). The van der Waals surface area contributed by atoms with Crippen LogP contribution in [-0.4, -0.2) is 49.4 Å². The monoisotopic (exact) mass is 484 g/mol. The van der Waals surface area contributed by atoms with E-state index in [1.165, 1.54) is 40.9 Å². The minimum atomic E-state index is -4.58. The fourth-order valence-corrected chi connectivity index (χ4v) is 5.35. The van der Waals surface area contributed by atoms with Gasteiger partial charge >= 0.3 is 6.18 Å². The van der Waals surface area contributed by atoms with E-state index in [0.29, 0.717) is 5.69 Å². The molecule has 11 heteroatoms. The van der Waals surface area contributed by atoms with Crippen molar-refractivity contribution in [3.8, 4) is 11.4 Å². The van der Waals surface area contributed by atoms with Gasteiger partial charge in [-0.25, -0.2) is 4.98 Å². The first-order valence-electron chi connectivity index (χ1n) is 11.0. The molecule has 1 aliphatic carbocycles. The Morgan fingerprint density at radius 2 is 1.89 bits per heavy atom. The molecule has 35 heavy (non-hydrogen) atoms. The standard InChI is InChI=1S/C24H19F3N4O4/c1-13-10-30(12-28-13)16-4-5-17-19(32)29(7-8-31(17)20(16)33)11-23-15-9-14(24(25,26)27)3-6-18(15)35-22(23,2)21(23)34/h3-6,9-10,12H,7-8,11H2,1-2H3/t22-,23+/m0/s1. The second-order valence-electron chi connectivity index (χ2n) is 9.29. The summed E-state index contributed by atoms with van der Waals surface area (Å²) in [6, 6.07) is 6.14. The zero-order valence-corrected chi connectivity index (χ0v) is 18.7. The molecule has 0 bridgehead atoms. The summed E-state index contributed by atoms with van der Waals surface area (Å²) in [5, 5.41) is 0. The summed E-state index contributed by atoms with van der Waals surface area (Å²) in [6.45, 7) is 3.50. The number of imidazole rings is 1. The Morgan fingerprint density at radius 1 is 1.11 bits per heavy atom. The van der Waals surface area contributed by atoms with Crippen LogP contribution in [0.2, 0.25) is 0 Å². The van der Waals surface area contributed by atoms with Crippen molar-refractivity contribution < 1.29 is 27.5 Å². The SMILES string of the molecule is Cc1cn(-c2ccc3n(c2=O)CCN(C[C@@]24C(=O)[C@]2(C)Oc2ccc(C(F)(F)F)cc24)C3=O)cn1. The van der Waals surface area contributed by atoms with E-state index < -0.39 is 28.7 Å². The van der Waals surface area contributed by atoms with E-state index in [1.54, 1.807) is 17.7 Å². The first kappa shape index (κ1) is 21.6. The van der Waals surface area contributed by atoms with E-state index in [4.69, 9.17) is 4.74 Å². The lowest BCUT2D eigenvalue weighted by Gasteiger charge is -2.32. The van der Waals surface area contributed by atoms with Crippen LogP contribution in [0.3, 0.4) is 0 Å². The van der Waals surface area contributed by atoms with Gasteiger partial charge in [-0.15, -0.1) is 0 Å². The molecular formula is C24H19F3N4O4. The molecule has 0 N–H and O–H groups in total. The summed E-state index contributed by atoms with van der Waals surface area (Å²) in [6.07, 6.45) is -1.37. The van der Waals surface area contributed by atoms with E-state index in [2.05, 4.69) is 4.98 Å². The first-order chi connectivity index (χ1) is 16.5. The van der Waals surface area contributed by atoms with E-state index in [1.807, 2.05) is 0 Å². The summed E-state index contributed by atoms with van der Waals surface area (Å²) in [5.41, 5.74) is -2.58. The van der Waals surface area contributed by atoms with Crippen molar-refractivity contribution >= 4 is 11.7 Å². The number of Topliss-reactive ketones (excluding diaryl/α,β-unsaturated/α-hetero) is 1. The topological polar surface area (TPSA) is 86.4 Å². The Morgan fingerprint density at radius 3 is 2.57 bits per heavy atom. The molecule has 2 aromatic heterocycles. The lowest BCUT2D eigenvalue weighted by Crippen LogP contribution is -2.48. The number of aromatic nitrogens is 3. The maximum atomic E-state index is 13.4. The summed E-state index contributed by atoms with van der Waals surface area (Å²) in [4.78, 5) is 44.9. The van der Waals surface area contributed by atoms with E-state index in [9.17, 15) is 27.6 Å². The largest absolute Gasteiger partial charge is 0.478 e. The fourth-order valence-electron chi connectivity index (χ4n) is 5.35. The Bertz CT molecular complexity index is 1510. The molecule has 180 valence electrons. The number of hydrogen-bond acceptors (Lipinski definition) is 5. The number of alkyl halides is 3. The second-order valence-corrected chi connectivity index (χ2v) is 9.29. The van der Waals surface area contributed by atoms with Crippen LogP contribution in [0.15, 0.2) is 47.7 Å². The second kappa shape index (κ2) is 6.61. The van der Waals surface area contributed by atoms with Gasteiger partial charge in [0.1, 0.15) is 22.5 Å². The minimum absolute atomic E-state index is 0.123. The molecule has 0 unspecified atom stereocenters. The summed E-state index contributed by atoms with van der Waals surface area (Å²) >= 11 is 0. The Labute approximate surface area is 196 Å². The van der Waals surface area contributed by atoms with Crippen LogP contribution in [0.1, 0.15) is 34.2 Å². The van der Waals surface area contributed by atoms with Crippen LogP contribution in [-0.2, 0) is 22.9 Å². The zero-order valence-electron chi connectivity index (χ0n) is 18.7. The number of halogens is 3. The Balaban J connectivity index is 1.35. The van der Waals surface area contributed by atoms with Crippen LogP contribution in [0, 0.1) is 6.92 Å². The van der Waals surface area contributed by atoms with Crippen molar-refractivity contribution in [1.29, 1.82) is 0 Å². The number of hydrogen-bond donors (Lipinski definition) is 0. The maximum absolute atomic E-state index is 13.4. The summed E-state index contributed by atoms with van der Waals surface area (Å²) in [7, 11) is 0. The number of ketones is 1. The normalized spacial score (nSPS) is 24.7. The van der Waals surface area contributed by atoms with Crippen molar-refractivity contribution in [3.63, 3.8) is 0 Å². The minimum Gasteiger partial charge on any atom is -0.478 e. The van der Waals surface area contributed by atoms with Crippen molar-refractivity contribution in [2.45, 2.75) is 37.6 Å². The number of aryl methyl sites for hydroxylation is 1. The van der Waals surface area contributed by atoms with Crippen molar-refractivity contribution in [2.75, 3.05) is 13.1 Å². The molecule has 4 heterocycles. The molecule has 1 amide bonds. The molecule has 0 saturated heterocycles. The van der Waals surface area contributed by atoms with Gasteiger partial charge in [-0.05, 0) is 44.2 Å². The Hall–Kier alpha value is -3.89. The quantitative estimate of drug-likeness (QED) is 0.570. The fraction of sp³-hybridized carbons (Fsp3) is 0.333.